The molecule has 0 radical (unpaired) electrons. The van der Waals surface area contributed by atoms with Crippen LogP contribution < -0.4 is 0 Å². The van der Waals surface area contributed by atoms with E-state index in [4.69, 9.17) is 0 Å². The van der Waals surface area contributed by atoms with E-state index < -0.39 is 38.0 Å². The summed E-state index contributed by atoms with van der Waals surface area (Å²) in [4.78, 5) is 22.6. The second kappa shape index (κ2) is 6.50. The van der Waals surface area contributed by atoms with Crippen LogP contribution in [0.4, 0.5) is 5.69 Å². The molecule has 1 aromatic rings. The predicted molar refractivity (Wildman–Crippen MR) is 79.3 cm³/mol. The van der Waals surface area contributed by atoms with E-state index in [0.717, 1.165) is 16.4 Å². The van der Waals surface area contributed by atoms with Crippen molar-refractivity contribution in [2.75, 3.05) is 27.7 Å². The molecule has 10 heteroatoms. The maximum atomic E-state index is 12.4. The number of amides is 1. The number of carbonyl (C=O) groups is 1. The van der Waals surface area contributed by atoms with E-state index >= 15 is 0 Å². The molecule has 1 rings (SSSR count). The van der Waals surface area contributed by atoms with Crippen molar-refractivity contribution in [3.63, 3.8) is 0 Å². The van der Waals surface area contributed by atoms with Crippen LogP contribution in [-0.2, 0) is 14.8 Å². The number of nitro benzene ring substituents is 1. The summed E-state index contributed by atoms with van der Waals surface area (Å²) in [5.74, 6) is -0.432. The van der Waals surface area contributed by atoms with Crippen molar-refractivity contribution in [1.29, 1.82) is 0 Å². The molecule has 0 atom stereocenters. The standard InChI is InChI=1S/C11H14BrN3O5S/c1-13(2)11(16)7-14(3)21(19,20)10-6-8(12)4-5-9(10)15(17)18/h4-6H,7H2,1-3H3. The lowest BCUT2D eigenvalue weighted by atomic mass is 10.3. The first-order chi connectivity index (χ1) is 9.57. The molecule has 1 amide bonds. The van der Waals surface area contributed by atoms with Gasteiger partial charge in [-0.2, -0.15) is 4.31 Å². The Morgan fingerprint density at radius 3 is 2.38 bits per heavy atom. The quantitative estimate of drug-likeness (QED) is 0.562. The molecule has 1 aromatic carbocycles. The zero-order valence-corrected chi connectivity index (χ0v) is 14.0. The van der Waals surface area contributed by atoms with Gasteiger partial charge in [-0.15, -0.1) is 0 Å². The maximum Gasteiger partial charge on any atom is 0.289 e. The number of sulfonamides is 1. The summed E-state index contributed by atoms with van der Waals surface area (Å²) in [6.07, 6.45) is 0. The topological polar surface area (TPSA) is 101 Å². The van der Waals surface area contributed by atoms with Crippen LogP contribution in [0.1, 0.15) is 0 Å². The van der Waals surface area contributed by atoms with Gasteiger partial charge >= 0.3 is 0 Å². The molecule has 0 aliphatic carbocycles. The molecule has 0 N–H and O–H groups in total. The Balaban J connectivity index is 3.27. The van der Waals surface area contributed by atoms with Gasteiger partial charge in [0.15, 0.2) is 4.90 Å². The number of hydrogen-bond donors (Lipinski definition) is 0. The average molecular weight is 380 g/mol. The van der Waals surface area contributed by atoms with E-state index in [1.165, 1.54) is 32.1 Å². The summed E-state index contributed by atoms with van der Waals surface area (Å²) in [7, 11) is 0.0251. The van der Waals surface area contributed by atoms with Crippen LogP contribution in [-0.4, -0.2) is 56.1 Å². The van der Waals surface area contributed by atoms with Gasteiger partial charge in [-0.1, -0.05) is 15.9 Å². The molecule has 0 aliphatic heterocycles. The lowest BCUT2D eigenvalue weighted by Crippen LogP contribution is -2.37. The smallest absolute Gasteiger partial charge is 0.289 e. The summed E-state index contributed by atoms with van der Waals surface area (Å²) in [6, 6.07) is 3.62. The Labute approximate surface area is 130 Å². The summed E-state index contributed by atoms with van der Waals surface area (Å²) < 4.78 is 26.0. The highest BCUT2D eigenvalue weighted by molar-refractivity contribution is 9.10. The van der Waals surface area contributed by atoms with Gasteiger partial charge in [0.05, 0.1) is 11.5 Å². The number of nitro groups is 1. The second-order valence-corrected chi connectivity index (χ2v) is 7.35. The van der Waals surface area contributed by atoms with E-state index in [0.29, 0.717) is 4.47 Å². The zero-order valence-electron chi connectivity index (χ0n) is 11.6. The van der Waals surface area contributed by atoms with Gasteiger partial charge in [0.2, 0.25) is 15.9 Å². The number of rotatable bonds is 5. The first-order valence-electron chi connectivity index (χ1n) is 5.67. The number of nitrogens with zero attached hydrogens (tertiary/aromatic N) is 3. The van der Waals surface area contributed by atoms with Crippen molar-refractivity contribution in [1.82, 2.24) is 9.21 Å². The third-order valence-corrected chi connectivity index (χ3v) is 4.99. The van der Waals surface area contributed by atoms with E-state index in [1.54, 1.807) is 0 Å². The minimum Gasteiger partial charge on any atom is -0.348 e. The summed E-state index contributed by atoms with van der Waals surface area (Å²) in [5, 5.41) is 11.0. The normalized spacial score (nSPS) is 11.5. The lowest BCUT2D eigenvalue weighted by molar-refractivity contribution is -0.387. The fourth-order valence-electron chi connectivity index (χ4n) is 1.43. The first kappa shape index (κ1) is 17.5. The van der Waals surface area contributed by atoms with Gasteiger partial charge < -0.3 is 4.90 Å². The average Bonchev–Trinajstić information content (AvgIpc) is 2.37. The Kier molecular flexibility index (Phi) is 5.42. The van der Waals surface area contributed by atoms with Gasteiger partial charge in [-0.3, -0.25) is 14.9 Å². The van der Waals surface area contributed by atoms with E-state index in [2.05, 4.69) is 15.9 Å². The molecule has 8 nitrogen and oxygen atoms in total. The van der Waals surface area contributed by atoms with Crippen LogP contribution >= 0.6 is 15.9 Å². The summed E-state index contributed by atoms with van der Waals surface area (Å²) in [5.41, 5.74) is -0.539. The molecule has 0 unspecified atom stereocenters. The Hall–Kier alpha value is -1.52. The van der Waals surface area contributed by atoms with E-state index in [-0.39, 0.29) is 0 Å². The van der Waals surface area contributed by atoms with E-state index in [9.17, 15) is 23.3 Å². The Bertz CT molecular complexity index is 674. The molecule has 0 spiro atoms. The third kappa shape index (κ3) is 3.99. The first-order valence-corrected chi connectivity index (χ1v) is 7.91. The molecule has 0 saturated carbocycles. The third-order valence-electron chi connectivity index (χ3n) is 2.66. The highest BCUT2D eigenvalue weighted by atomic mass is 79.9. The van der Waals surface area contributed by atoms with Gasteiger partial charge in [0, 0.05) is 31.7 Å². The summed E-state index contributed by atoms with van der Waals surface area (Å²) in [6.45, 7) is -0.404. The van der Waals surface area contributed by atoms with Gasteiger partial charge in [0.25, 0.3) is 5.69 Å². The van der Waals surface area contributed by atoms with Gasteiger partial charge in [-0.05, 0) is 12.1 Å². The van der Waals surface area contributed by atoms with Crippen LogP contribution in [0, 0.1) is 10.1 Å². The fraction of sp³-hybridized carbons (Fsp3) is 0.364. The highest BCUT2D eigenvalue weighted by Crippen LogP contribution is 2.29. The molecule has 0 saturated heterocycles. The Morgan fingerprint density at radius 2 is 1.90 bits per heavy atom. The van der Waals surface area contributed by atoms with E-state index in [1.807, 2.05) is 0 Å². The molecular formula is C11H14BrN3O5S. The van der Waals surface area contributed by atoms with Crippen LogP contribution in [0.3, 0.4) is 0 Å². The summed E-state index contributed by atoms with van der Waals surface area (Å²) >= 11 is 3.08. The molecule has 0 heterocycles. The lowest BCUT2D eigenvalue weighted by Gasteiger charge is -2.19. The van der Waals surface area contributed by atoms with Crippen LogP contribution in [0.2, 0.25) is 0 Å². The molecule has 0 aromatic heterocycles. The van der Waals surface area contributed by atoms with Gasteiger partial charge in [0.1, 0.15) is 0 Å². The van der Waals surface area contributed by atoms with Crippen molar-refractivity contribution >= 4 is 37.5 Å². The fourth-order valence-corrected chi connectivity index (χ4v) is 3.24. The number of hydrogen-bond acceptors (Lipinski definition) is 5. The van der Waals surface area contributed by atoms with Crippen LogP contribution in [0.25, 0.3) is 0 Å². The second-order valence-electron chi connectivity index (χ2n) is 4.42. The van der Waals surface area contributed by atoms with Crippen molar-refractivity contribution < 1.29 is 18.1 Å². The molecule has 21 heavy (non-hydrogen) atoms. The van der Waals surface area contributed by atoms with Crippen LogP contribution in [0.5, 0.6) is 0 Å². The maximum absolute atomic E-state index is 12.4. The largest absolute Gasteiger partial charge is 0.348 e. The minimum absolute atomic E-state index is 0.388. The number of halogens is 1. The number of benzene rings is 1. The molecule has 0 bridgehead atoms. The predicted octanol–water partition coefficient (Wildman–Crippen LogP) is 1.07. The molecule has 116 valence electrons. The SMILES string of the molecule is CN(C)C(=O)CN(C)S(=O)(=O)c1cc(Br)ccc1[N+](=O)[O-]. The monoisotopic (exact) mass is 379 g/mol. The zero-order chi connectivity index (χ0) is 16.4. The number of carbonyl (C=O) groups excluding carboxylic acids is 1. The molecule has 0 fully saturated rings. The number of likely N-dealkylation sites (N-methyl/N-ethyl adjacent to an activating group) is 2. The molecule has 0 aliphatic rings. The molecular weight excluding hydrogens is 366 g/mol. The van der Waals surface area contributed by atoms with Crippen molar-refractivity contribution in [3.8, 4) is 0 Å². The highest BCUT2D eigenvalue weighted by Gasteiger charge is 2.31. The van der Waals surface area contributed by atoms with Crippen LogP contribution in [0.15, 0.2) is 27.6 Å². The Morgan fingerprint density at radius 1 is 1.33 bits per heavy atom. The minimum atomic E-state index is -4.15. The van der Waals surface area contributed by atoms with Crippen molar-refractivity contribution in [2.24, 2.45) is 0 Å². The van der Waals surface area contributed by atoms with Crippen molar-refractivity contribution in [3.05, 3.63) is 32.8 Å². The van der Waals surface area contributed by atoms with Crippen molar-refractivity contribution in [2.45, 2.75) is 4.90 Å². The van der Waals surface area contributed by atoms with Gasteiger partial charge in [-0.25, -0.2) is 8.42 Å².